The Balaban J connectivity index is 1.63. The zero-order chi connectivity index (χ0) is 19.4. The van der Waals surface area contributed by atoms with Crippen LogP contribution in [0.3, 0.4) is 0 Å². The SMILES string of the molecule is C[C@@]1(O)CCN(C(=O)CCn2ccc(=O)[nH]c2=O)C[C@@H]1Cc1ccccc1. The first-order valence-corrected chi connectivity index (χ1v) is 9.19. The monoisotopic (exact) mass is 371 g/mol. The fraction of sp³-hybridized carbons (Fsp3) is 0.450. The molecule has 7 nitrogen and oxygen atoms in total. The van der Waals surface area contributed by atoms with Crippen LogP contribution in [0.25, 0.3) is 0 Å². The fourth-order valence-electron chi connectivity index (χ4n) is 3.52. The van der Waals surface area contributed by atoms with Crippen LogP contribution in [0.2, 0.25) is 0 Å². The molecule has 1 fully saturated rings. The molecule has 27 heavy (non-hydrogen) atoms. The van der Waals surface area contributed by atoms with Crippen molar-refractivity contribution in [1.82, 2.24) is 14.5 Å². The lowest BCUT2D eigenvalue weighted by Crippen LogP contribution is -2.52. The maximum Gasteiger partial charge on any atom is 0.328 e. The maximum absolute atomic E-state index is 12.6. The Kier molecular flexibility index (Phi) is 5.60. The predicted octanol–water partition coefficient (Wildman–Crippen LogP) is 0.769. The van der Waals surface area contributed by atoms with Gasteiger partial charge in [-0.05, 0) is 25.3 Å². The molecule has 0 saturated carbocycles. The van der Waals surface area contributed by atoms with Crippen molar-refractivity contribution in [1.29, 1.82) is 0 Å². The lowest BCUT2D eigenvalue weighted by atomic mass is 9.79. The number of aryl methyl sites for hydroxylation is 1. The molecule has 7 heteroatoms. The summed E-state index contributed by atoms with van der Waals surface area (Å²) in [6.45, 7) is 3.03. The molecule has 1 aromatic carbocycles. The Morgan fingerprint density at radius 2 is 2.00 bits per heavy atom. The van der Waals surface area contributed by atoms with Gasteiger partial charge in [0.05, 0.1) is 5.60 Å². The highest BCUT2D eigenvalue weighted by Crippen LogP contribution is 2.30. The van der Waals surface area contributed by atoms with E-state index in [-0.39, 0.29) is 24.8 Å². The van der Waals surface area contributed by atoms with Crippen LogP contribution in [0.15, 0.2) is 52.2 Å². The number of amides is 1. The van der Waals surface area contributed by atoms with Crippen LogP contribution in [0.5, 0.6) is 0 Å². The summed E-state index contributed by atoms with van der Waals surface area (Å²) in [5, 5.41) is 10.7. The molecule has 0 radical (unpaired) electrons. The van der Waals surface area contributed by atoms with E-state index >= 15 is 0 Å². The third-order valence-corrected chi connectivity index (χ3v) is 5.35. The van der Waals surface area contributed by atoms with E-state index in [2.05, 4.69) is 4.98 Å². The highest BCUT2D eigenvalue weighted by atomic mass is 16.3. The number of benzene rings is 1. The Bertz CT molecular complexity index is 901. The molecule has 1 aromatic heterocycles. The number of hydrogen-bond donors (Lipinski definition) is 2. The molecule has 0 unspecified atom stereocenters. The molecule has 1 saturated heterocycles. The van der Waals surface area contributed by atoms with E-state index in [1.54, 1.807) is 4.90 Å². The van der Waals surface area contributed by atoms with Crippen LogP contribution in [-0.2, 0) is 17.8 Å². The molecule has 2 heterocycles. The molecule has 2 aromatic rings. The summed E-state index contributed by atoms with van der Waals surface area (Å²) in [5.41, 5.74) is -0.650. The smallest absolute Gasteiger partial charge is 0.328 e. The first kappa shape index (κ1) is 19.1. The second-order valence-electron chi connectivity index (χ2n) is 7.39. The van der Waals surface area contributed by atoms with E-state index in [0.29, 0.717) is 25.9 Å². The molecular weight excluding hydrogens is 346 g/mol. The maximum atomic E-state index is 12.6. The Labute approximate surface area is 157 Å². The summed E-state index contributed by atoms with van der Waals surface area (Å²) in [6.07, 6.45) is 2.80. The van der Waals surface area contributed by atoms with Gasteiger partial charge in [-0.1, -0.05) is 30.3 Å². The summed E-state index contributed by atoms with van der Waals surface area (Å²) in [4.78, 5) is 39.4. The summed E-state index contributed by atoms with van der Waals surface area (Å²) < 4.78 is 1.32. The van der Waals surface area contributed by atoms with Crippen molar-refractivity contribution >= 4 is 5.91 Å². The minimum Gasteiger partial charge on any atom is -0.390 e. The van der Waals surface area contributed by atoms with Crippen molar-refractivity contribution in [3.8, 4) is 0 Å². The van der Waals surface area contributed by atoms with E-state index in [1.165, 1.54) is 16.8 Å². The summed E-state index contributed by atoms with van der Waals surface area (Å²) >= 11 is 0. The molecule has 2 atom stereocenters. The fourth-order valence-corrected chi connectivity index (χ4v) is 3.52. The van der Waals surface area contributed by atoms with Gasteiger partial charge in [0.1, 0.15) is 0 Å². The molecule has 1 amide bonds. The van der Waals surface area contributed by atoms with Crippen LogP contribution < -0.4 is 11.2 Å². The normalized spacial score (nSPS) is 22.6. The number of carbonyl (C=O) groups excluding carboxylic acids is 1. The Morgan fingerprint density at radius 1 is 1.26 bits per heavy atom. The van der Waals surface area contributed by atoms with Gasteiger partial charge in [0.25, 0.3) is 5.56 Å². The van der Waals surface area contributed by atoms with E-state index in [1.807, 2.05) is 37.3 Å². The van der Waals surface area contributed by atoms with Crippen molar-refractivity contribution < 1.29 is 9.90 Å². The van der Waals surface area contributed by atoms with Crippen molar-refractivity contribution in [2.24, 2.45) is 5.92 Å². The quantitative estimate of drug-likeness (QED) is 0.812. The average Bonchev–Trinajstić information content (AvgIpc) is 2.63. The third kappa shape index (κ3) is 4.74. The van der Waals surface area contributed by atoms with Crippen molar-refractivity contribution in [2.45, 2.75) is 38.3 Å². The van der Waals surface area contributed by atoms with Gasteiger partial charge < -0.3 is 14.6 Å². The molecule has 0 aliphatic carbocycles. The molecule has 2 N–H and O–H groups in total. The number of aliphatic hydroxyl groups is 1. The van der Waals surface area contributed by atoms with E-state index in [4.69, 9.17) is 0 Å². The number of aromatic nitrogens is 2. The standard InChI is InChI=1S/C20H25N3O4/c1-20(27)9-12-23(14-16(20)13-15-5-3-2-4-6-15)18(25)8-11-22-10-7-17(24)21-19(22)26/h2-7,10,16,27H,8-9,11-14H2,1H3,(H,21,24,26)/t16-,20+/m0/s1. The minimum absolute atomic E-state index is 0.0478. The van der Waals surface area contributed by atoms with E-state index < -0.39 is 16.9 Å². The topological polar surface area (TPSA) is 95.4 Å². The number of hydrogen-bond acceptors (Lipinski definition) is 4. The first-order chi connectivity index (χ1) is 12.8. The highest BCUT2D eigenvalue weighted by Gasteiger charge is 2.38. The van der Waals surface area contributed by atoms with Gasteiger partial charge in [-0.25, -0.2) is 4.79 Å². The number of nitrogens with one attached hydrogen (secondary N) is 1. The number of H-pyrrole nitrogens is 1. The Morgan fingerprint density at radius 3 is 2.70 bits per heavy atom. The lowest BCUT2D eigenvalue weighted by molar-refractivity contribution is -0.139. The molecule has 0 bridgehead atoms. The summed E-state index contributed by atoms with van der Waals surface area (Å²) in [5.74, 6) is -0.102. The number of piperidine rings is 1. The van der Waals surface area contributed by atoms with Crippen LogP contribution in [0.4, 0.5) is 0 Å². The number of rotatable bonds is 5. The van der Waals surface area contributed by atoms with Gasteiger partial charge in [-0.3, -0.25) is 14.6 Å². The summed E-state index contributed by atoms with van der Waals surface area (Å²) in [6, 6.07) is 11.2. The Hall–Kier alpha value is -2.67. The molecule has 0 spiro atoms. The highest BCUT2D eigenvalue weighted by molar-refractivity contribution is 5.76. The van der Waals surface area contributed by atoms with Crippen LogP contribution in [0, 0.1) is 5.92 Å². The number of nitrogens with zero attached hydrogens (tertiary/aromatic N) is 2. The second-order valence-corrected chi connectivity index (χ2v) is 7.39. The molecule has 1 aliphatic rings. The van der Waals surface area contributed by atoms with Gasteiger partial charge in [-0.15, -0.1) is 0 Å². The largest absolute Gasteiger partial charge is 0.390 e. The zero-order valence-corrected chi connectivity index (χ0v) is 15.4. The van der Waals surface area contributed by atoms with Crippen LogP contribution >= 0.6 is 0 Å². The predicted molar refractivity (Wildman–Crippen MR) is 101 cm³/mol. The molecular formula is C20H25N3O4. The lowest BCUT2D eigenvalue weighted by Gasteiger charge is -2.43. The average molecular weight is 371 g/mol. The first-order valence-electron chi connectivity index (χ1n) is 9.19. The van der Waals surface area contributed by atoms with Gasteiger partial charge in [-0.2, -0.15) is 0 Å². The van der Waals surface area contributed by atoms with Crippen molar-refractivity contribution in [3.05, 3.63) is 69.0 Å². The van der Waals surface area contributed by atoms with Gasteiger partial charge in [0, 0.05) is 44.2 Å². The van der Waals surface area contributed by atoms with Crippen molar-refractivity contribution in [2.75, 3.05) is 13.1 Å². The van der Waals surface area contributed by atoms with Crippen molar-refractivity contribution in [3.63, 3.8) is 0 Å². The number of aromatic amines is 1. The molecule has 3 rings (SSSR count). The van der Waals surface area contributed by atoms with Gasteiger partial charge in [0.2, 0.25) is 5.91 Å². The summed E-state index contributed by atoms with van der Waals surface area (Å²) in [7, 11) is 0. The van der Waals surface area contributed by atoms with Crippen LogP contribution in [0.1, 0.15) is 25.3 Å². The third-order valence-electron chi connectivity index (χ3n) is 5.35. The van der Waals surface area contributed by atoms with Gasteiger partial charge >= 0.3 is 5.69 Å². The minimum atomic E-state index is -0.817. The van der Waals surface area contributed by atoms with Crippen LogP contribution in [-0.4, -0.2) is 44.2 Å². The number of likely N-dealkylation sites (tertiary alicyclic amines) is 1. The molecule has 1 aliphatic heterocycles. The van der Waals surface area contributed by atoms with E-state index in [9.17, 15) is 19.5 Å². The number of carbonyl (C=O) groups is 1. The van der Waals surface area contributed by atoms with Gasteiger partial charge in [0.15, 0.2) is 0 Å². The zero-order valence-electron chi connectivity index (χ0n) is 15.4. The van der Waals surface area contributed by atoms with E-state index in [0.717, 1.165) is 5.56 Å². The molecule has 144 valence electrons. The second kappa shape index (κ2) is 7.92.